The van der Waals surface area contributed by atoms with E-state index < -0.39 is 17.4 Å². The molecule has 18 heavy (non-hydrogen) atoms. The van der Waals surface area contributed by atoms with E-state index in [0.29, 0.717) is 5.75 Å². The quantitative estimate of drug-likeness (QED) is 0.780. The third-order valence-corrected chi connectivity index (χ3v) is 2.53. The SMILES string of the molecule is COc1ccc(C(=O)c2cc(F)ccc2F)cc1. The summed E-state index contributed by atoms with van der Waals surface area (Å²) in [6.07, 6.45) is 0. The van der Waals surface area contributed by atoms with Crippen molar-refractivity contribution in [3.8, 4) is 5.75 Å². The van der Waals surface area contributed by atoms with E-state index in [9.17, 15) is 13.6 Å². The molecule has 0 heterocycles. The first-order chi connectivity index (χ1) is 8.61. The molecule has 0 spiro atoms. The van der Waals surface area contributed by atoms with E-state index in [4.69, 9.17) is 4.74 Å². The van der Waals surface area contributed by atoms with Gasteiger partial charge in [0.2, 0.25) is 0 Å². The summed E-state index contributed by atoms with van der Waals surface area (Å²) in [6, 6.07) is 8.99. The Hall–Kier alpha value is -2.23. The average Bonchev–Trinajstić information content (AvgIpc) is 2.41. The van der Waals surface area contributed by atoms with Gasteiger partial charge in [0.25, 0.3) is 0 Å². The Morgan fingerprint density at radius 3 is 2.33 bits per heavy atom. The molecule has 2 nitrogen and oxygen atoms in total. The fourth-order valence-electron chi connectivity index (χ4n) is 1.57. The number of carbonyl (C=O) groups excluding carboxylic acids is 1. The fourth-order valence-corrected chi connectivity index (χ4v) is 1.57. The van der Waals surface area contributed by atoms with Crippen LogP contribution < -0.4 is 4.74 Å². The average molecular weight is 248 g/mol. The van der Waals surface area contributed by atoms with Gasteiger partial charge < -0.3 is 4.74 Å². The number of carbonyl (C=O) groups is 1. The van der Waals surface area contributed by atoms with Crippen LogP contribution in [0.25, 0.3) is 0 Å². The van der Waals surface area contributed by atoms with Crippen LogP contribution in [-0.2, 0) is 0 Å². The van der Waals surface area contributed by atoms with Crippen LogP contribution in [0.5, 0.6) is 5.75 Å². The van der Waals surface area contributed by atoms with Gasteiger partial charge in [-0.15, -0.1) is 0 Å². The van der Waals surface area contributed by atoms with Crippen LogP contribution in [0.2, 0.25) is 0 Å². The molecule has 0 fully saturated rings. The van der Waals surface area contributed by atoms with E-state index in [2.05, 4.69) is 0 Å². The molecule has 0 aliphatic heterocycles. The molecule has 2 aromatic rings. The van der Waals surface area contributed by atoms with Crippen molar-refractivity contribution < 1.29 is 18.3 Å². The van der Waals surface area contributed by atoms with Crippen LogP contribution in [0, 0.1) is 11.6 Å². The Labute approximate surface area is 103 Å². The van der Waals surface area contributed by atoms with Crippen LogP contribution in [0.1, 0.15) is 15.9 Å². The minimum Gasteiger partial charge on any atom is -0.497 e. The molecule has 0 N–H and O–H groups in total. The Morgan fingerprint density at radius 2 is 1.72 bits per heavy atom. The maximum absolute atomic E-state index is 13.4. The van der Waals surface area contributed by atoms with E-state index in [1.54, 1.807) is 12.1 Å². The Balaban J connectivity index is 2.38. The molecular weight excluding hydrogens is 238 g/mol. The molecule has 0 amide bonds. The van der Waals surface area contributed by atoms with Crippen molar-refractivity contribution in [1.82, 2.24) is 0 Å². The molecule has 0 saturated heterocycles. The predicted octanol–water partition coefficient (Wildman–Crippen LogP) is 3.20. The summed E-state index contributed by atoms with van der Waals surface area (Å²) in [5, 5.41) is 0. The zero-order chi connectivity index (χ0) is 13.1. The highest BCUT2D eigenvalue weighted by atomic mass is 19.1. The lowest BCUT2D eigenvalue weighted by Gasteiger charge is -2.04. The number of rotatable bonds is 3. The summed E-state index contributed by atoms with van der Waals surface area (Å²) < 4.78 is 31.4. The summed E-state index contributed by atoms with van der Waals surface area (Å²) in [7, 11) is 1.50. The van der Waals surface area contributed by atoms with Gasteiger partial charge in [-0.2, -0.15) is 0 Å². The lowest BCUT2D eigenvalue weighted by Crippen LogP contribution is -2.04. The second-order valence-corrected chi connectivity index (χ2v) is 3.68. The largest absolute Gasteiger partial charge is 0.497 e. The number of hydrogen-bond donors (Lipinski definition) is 0. The molecule has 0 atom stereocenters. The highest BCUT2D eigenvalue weighted by molar-refractivity contribution is 6.09. The smallest absolute Gasteiger partial charge is 0.196 e. The predicted molar refractivity (Wildman–Crippen MR) is 62.8 cm³/mol. The van der Waals surface area contributed by atoms with Crippen LogP contribution in [0.4, 0.5) is 8.78 Å². The van der Waals surface area contributed by atoms with Gasteiger partial charge in [0.05, 0.1) is 12.7 Å². The standard InChI is InChI=1S/C14H10F2O2/c1-18-11-5-2-9(3-6-11)14(17)12-8-10(15)4-7-13(12)16/h2-8H,1H3. The van der Waals surface area contributed by atoms with Crippen LogP contribution in [0.3, 0.4) is 0 Å². The first kappa shape index (κ1) is 12.2. The summed E-state index contributed by atoms with van der Waals surface area (Å²) in [6.45, 7) is 0. The van der Waals surface area contributed by atoms with E-state index in [0.717, 1.165) is 18.2 Å². The summed E-state index contributed by atoms with van der Waals surface area (Å²) in [5.41, 5.74) is 0.000432. The number of halogens is 2. The lowest BCUT2D eigenvalue weighted by atomic mass is 10.0. The Kier molecular flexibility index (Phi) is 3.37. The van der Waals surface area contributed by atoms with Gasteiger partial charge >= 0.3 is 0 Å². The first-order valence-electron chi connectivity index (χ1n) is 5.25. The number of ether oxygens (including phenoxy) is 1. The minimum atomic E-state index is -0.739. The van der Waals surface area contributed by atoms with Crippen LogP contribution in [0.15, 0.2) is 42.5 Å². The molecule has 0 bridgehead atoms. The van der Waals surface area contributed by atoms with Crippen molar-refractivity contribution in [1.29, 1.82) is 0 Å². The maximum atomic E-state index is 13.4. The maximum Gasteiger partial charge on any atom is 0.196 e. The summed E-state index contributed by atoms with van der Waals surface area (Å²) in [5.74, 6) is -1.36. The van der Waals surface area contributed by atoms with Crippen molar-refractivity contribution >= 4 is 5.78 Å². The molecular formula is C14H10F2O2. The van der Waals surface area contributed by atoms with Gasteiger partial charge in [-0.3, -0.25) is 4.79 Å². The van der Waals surface area contributed by atoms with E-state index in [1.165, 1.54) is 19.2 Å². The van der Waals surface area contributed by atoms with Gasteiger partial charge in [0, 0.05) is 5.56 Å². The fraction of sp³-hybridized carbons (Fsp3) is 0.0714. The molecule has 4 heteroatoms. The molecule has 0 aromatic heterocycles. The van der Waals surface area contributed by atoms with Crippen molar-refractivity contribution in [3.63, 3.8) is 0 Å². The van der Waals surface area contributed by atoms with E-state index in [-0.39, 0.29) is 11.1 Å². The first-order valence-corrected chi connectivity index (χ1v) is 5.25. The van der Waals surface area contributed by atoms with E-state index >= 15 is 0 Å². The molecule has 0 saturated carbocycles. The zero-order valence-corrected chi connectivity index (χ0v) is 9.61. The number of hydrogen-bond acceptors (Lipinski definition) is 2. The van der Waals surface area contributed by atoms with Crippen LogP contribution in [-0.4, -0.2) is 12.9 Å². The molecule has 92 valence electrons. The van der Waals surface area contributed by atoms with Gasteiger partial charge in [0.15, 0.2) is 5.78 Å². The zero-order valence-electron chi connectivity index (χ0n) is 9.61. The molecule has 0 aliphatic carbocycles. The van der Waals surface area contributed by atoms with Gasteiger partial charge in [0.1, 0.15) is 17.4 Å². The number of methoxy groups -OCH3 is 1. The van der Waals surface area contributed by atoms with Crippen LogP contribution >= 0.6 is 0 Å². The number of benzene rings is 2. The summed E-state index contributed by atoms with van der Waals surface area (Å²) >= 11 is 0. The van der Waals surface area contributed by atoms with Gasteiger partial charge in [-0.05, 0) is 42.5 Å². The second-order valence-electron chi connectivity index (χ2n) is 3.68. The van der Waals surface area contributed by atoms with Crippen molar-refractivity contribution in [2.24, 2.45) is 0 Å². The highest BCUT2D eigenvalue weighted by Crippen LogP contribution is 2.17. The van der Waals surface area contributed by atoms with Crippen molar-refractivity contribution in [2.75, 3.05) is 7.11 Å². The van der Waals surface area contributed by atoms with Gasteiger partial charge in [-0.25, -0.2) is 8.78 Å². The molecule has 2 rings (SSSR count). The highest BCUT2D eigenvalue weighted by Gasteiger charge is 2.14. The van der Waals surface area contributed by atoms with E-state index in [1.807, 2.05) is 0 Å². The Morgan fingerprint density at radius 1 is 1.06 bits per heavy atom. The number of ketones is 1. The van der Waals surface area contributed by atoms with Crippen molar-refractivity contribution in [2.45, 2.75) is 0 Å². The Bertz CT molecular complexity index is 577. The lowest BCUT2D eigenvalue weighted by molar-refractivity contribution is 0.103. The third kappa shape index (κ3) is 2.37. The molecule has 2 aromatic carbocycles. The van der Waals surface area contributed by atoms with Gasteiger partial charge in [-0.1, -0.05) is 0 Å². The van der Waals surface area contributed by atoms with Crippen molar-refractivity contribution in [3.05, 3.63) is 65.2 Å². The second kappa shape index (κ2) is 4.96. The molecule has 0 aliphatic rings. The monoisotopic (exact) mass is 248 g/mol. The third-order valence-electron chi connectivity index (χ3n) is 2.53. The topological polar surface area (TPSA) is 26.3 Å². The molecule has 0 radical (unpaired) electrons. The normalized spacial score (nSPS) is 10.2. The summed E-state index contributed by atoms with van der Waals surface area (Å²) in [4.78, 5) is 12.0. The molecule has 0 unspecified atom stereocenters. The minimum absolute atomic E-state index is 0.278.